The van der Waals surface area contributed by atoms with Crippen molar-refractivity contribution in [2.75, 3.05) is 6.54 Å². The van der Waals surface area contributed by atoms with Crippen molar-refractivity contribution in [2.24, 2.45) is 0 Å². The summed E-state index contributed by atoms with van der Waals surface area (Å²) in [6, 6.07) is 0. The molecule has 0 aliphatic carbocycles. The molecule has 1 heterocycles. The van der Waals surface area contributed by atoms with Crippen LogP contribution in [-0.2, 0) is 0 Å². The van der Waals surface area contributed by atoms with Crippen LogP contribution in [0.4, 0.5) is 0 Å². The van der Waals surface area contributed by atoms with Gasteiger partial charge < -0.3 is 10.3 Å². The minimum atomic E-state index is -0.302. The maximum atomic E-state index is 11.2. The summed E-state index contributed by atoms with van der Waals surface area (Å²) in [5, 5.41) is 14.8. The SMILES string of the molecule is CC1(C)C[NH+]([O-])C(C)(C)N1. The van der Waals surface area contributed by atoms with Crippen LogP contribution in [0.1, 0.15) is 27.7 Å². The lowest BCUT2D eigenvalue weighted by molar-refractivity contribution is -0.889. The van der Waals surface area contributed by atoms with Crippen molar-refractivity contribution in [3.05, 3.63) is 5.21 Å². The number of rotatable bonds is 0. The quantitative estimate of drug-likeness (QED) is 0.449. The number of nitrogens with one attached hydrogen (secondary N) is 2. The van der Waals surface area contributed by atoms with E-state index in [0.717, 1.165) is 0 Å². The molecular formula is C7H16N2O. The molecule has 0 spiro atoms. The van der Waals surface area contributed by atoms with Gasteiger partial charge in [-0.3, -0.25) is 5.32 Å². The average molecular weight is 144 g/mol. The van der Waals surface area contributed by atoms with Crippen LogP contribution in [0.25, 0.3) is 0 Å². The smallest absolute Gasteiger partial charge is 0.146 e. The topological polar surface area (TPSA) is 39.5 Å². The van der Waals surface area contributed by atoms with E-state index in [1.54, 1.807) is 0 Å². The standard InChI is InChI=1S/C7H16N2O/c1-6(2)5-9(10)7(3,4)8-6/h8-9H,5H2,1-4H3. The molecule has 0 amide bonds. The van der Waals surface area contributed by atoms with Gasteiger partial charge in [-0.15, -0.1) is 0 Å². The van der Waals surface area contributed by atoms with E-state index in [2.05, 4.69) is 19.2 Å². The molecule has 0 bridgehead atoms. The Morgan fingerprint density at radius 1 is 1.30 bits per heavy atom. The van der Waals surface area contributed by atoms with Gasteiger partial charge in [-0.1, -0.05) is 0 Å². The molecule has 60 valence electrons. The van der Waals surface area contributed by atoms with Gasteiger partial charge in [0.1, 0.15) is 5.66 Å². The van der Waals surface area contributed by atoms with E-state index in [1.807, 2.05) is 13.8 Å². The monoisotopic (exact) mass is 144 g/mol. The summed E-state index contributed by atoms with van der Waals surface area (Å²) in [7, 11) is 0. The van der Waals surface area contributed by atoms with Gasteiger partial charge in [0, 0.05) is 13.8 Å². The van der Waals surface area contributed by atoms with Gasteiger partial charge >= 0.3 is 0 Å². The molecule has 0 aromatic rings. The summed E-state index contributed by atoms with van der Waals surface area (Å²) in [4.78, 5) is 0. The Bertz CT molecular complexity index is 143. The largest absolute Gasteiger partial charge is 0.633 e. The first-order chi connectivity index (χ1) is 4.33. The fourth-order valence-electron chi connectivity index (χ4n) is 1.58. The third-order valence-corrected chi connectivity index (χ3v) is 1.95. The number of hydroxylamine groups is 2. The average Bonchev–Trinajstić information content (AvgIpc) is 1.73. The lowest BCUT2D eigenvalue weighted by Gasteiger charge is -2.30. The summed E-state index contributed by atoms with van der Waals surface area (Å²) < 4.78 is 0. The highest BCUT2D eigenvalue weighted by Crippen LogP contribution is 2.10. The predicted octanol–water partition coefficient (Wildman–Crippen LogP) is -0.513. The Kier molecular flexibility index (Phi) is 1.54. The van der Waals surface area contributed by atoms with Crippen molar-refractivity contribution in [3.63, 3.8) is 0 Å². The lowest BCUT2D eigenvalue weighted by Crippen LogP contribution is -3.14. The third kappa shape index (κ3) is 1.31. The molecular weight excluding hydrogens is 128 g/mol. The molecule has 1 aliphatic heterocycles. The highest BCUT2D eigenvalue weighted by atomic mass is 16.5. The minimum Gasteiger partial charge on any atom is -0.633 e. The molecule has 1 aliphatic rings. The van der Waals surface area contributed by atoms with Crippen LogP contribution >= 0.6 is 0 Å². The molecule has 3 nitrogen and oxygen atoms in total. The Labute approximate surface area is 62.0 Å². The summed E-state index contributed by atoms with van der Waals surface area (Å²) in [5.74, 6) is 0. The van der Waals surface area contributed by atoms with Gasteiger partial charge in [0.25, 0.3) is 0 Å². The van der Waals surface area contributed by atoms with Crippen LogP contribution in [0.15, 0.2) is 0 Å². The minimum absolute atomic E-state index is 0.000579. The summed E-state index contributed by atoms with van der Waals surface area (Å²) in [6.45, 7) is 8.63. The lowest BCUT2D eigenvalue weighted by atomic mass is 10.1. The molecule has 2 N–H and O–H groups in total. The van der Waals surface area contributed by atoms with Crippen molar-refractivity contribution in [1.82, 2.24) is 5.32 Å². The predicted molar refractivity (Wildman–Crippen MR) is 40.5 cm³/mol. The van der Waals surface area contributed by atoms with Crippen molar-refractivity contribution >= 4 is 0 Å². The highest BCUT2D eigenvalue weighted by Gasteiger charge is 2.41. The van der Waals surface area contributed by atoms with E-state index in [-0.39, 0.29) is 11.2 Å². The molecule has 1 rings (SSSR count). The summed E-state index contributed by atoms with van der Waals surface area (Å²) in [5.41, 5.74) is -0.302. The fraction of sp³-hybridized carbons (Fsp3) is 1.00. The zero-order chi connectivity index (χ0) is 7.99. The first-order valence-corrected chi connectivity index (χ1v) is 3.66. The maximum Gasteiger partial charge on any atom is 0.146 e. The van der Waals surface area contributed by atoms with E-state index in [9.17, 15) is 5.21 Å². The molecule has 1 unspecified atom stereocenters. The van der Waals surface area contributed by atoms with Crippen LogP contribution in [0.3, 0.4) is 0 Å². The van der Waals surface area contributed by atoms with Gasteiger partial charge in [0.15, 0.2) is 0 Å². The number of hydrogen-bond acceptors (Lipinski definition) is 2. The number of quaternary nitrogens is 1. The Balaban J connectivity index is 2.71. The molecule has 0 saturated carbocycles. The molecule has 10 heavy (non-hydrogen) atoms. The van der Waals surface area contributed by atoms with Crippen LogP contribution < -0.4 is 10.4 Å². The van der Waals surface area contributed by atoms with E-state index in [0.29, 0.717) is 11.6 Å². The van der Waals surface area contributed by atoms with Crippen molar-refractivity contribution < 1.29 is 5.06 Å². The van der Waals surface area contributed by atoms with Gasteiger partial charge in [0.2, 0.25) is 0 Å². The molecule has 3 heteroatoms. The molecule has 0 radical (unpaired) electrons. The van der Waals surface area contributed by atoms with Crippen molar-refractivity contribution in [2.45, 2.75) is 38.9 Å². The van der Waals surface area contributed by atoms with Crippen LogP contribution in [0.5, 0.6) is 0 Å². The second-order valence-electron chi connectivity index (χ2n) is 4.23. The Morgan fingerprint density at radius 3 is 1.90 bits per heavy atom. The van der Waals surface area contributed by atoms with Crippen molar-refractivity contribution in [1.29, 1.82) is 0 Å². The zero-order valence-electron chi connectivity index (χ0n) is 7.12. The maximum absolute atomic E-state index is 11.2. The normalized spacial score (nSPS) is 36.3. The molecule has 1 fully saturated rings. The van der Waals surface area contributed by atoms with Gasteiger partial charge in [-0.2, -0.15) is 0 Å². The summed E-state index contributed by atoms with van der Waals surface area (Å²) in [6.07, 6.45) is 0. The summed E-state index contributed by atoms with van der Waals surface area (Å²) >= 11 is 0. The van der Waals surface area contributed by atoms with E-state index in [1.165, 1.54) is 0 Å². The van der Waals surface area contributed by atoms with E-state index >= 15 is 0 Å². The third-order valence-electron chi connectivity index (χ3n) is 1.95. The second-order valence-corrected chi connectivity index (χ2v) is 4.23. The van der Waals surface area contributed by atoms with E-state index < -0.39 is 0 Å². The number of hydrogen-bond donors (Lipinski definition) is 2. The molecule has 0 aromatic heterocycles. The Morgan fingerprint density at radius 2 is 1.80 bits per heavy atom. The van der Waals surface area contributed by atoms with Gasteiger partial charge in [-0.05, 0) is 13.8 Å². The van der Waals surface area contributed by atoms with Crippen LogP contribution in [0, 0.1) is 5.21 Å². The molecule has 1 atom stereocenters. The zero-order valence-corrected chi connectivity index (χ0v) is 7.12. The van der Waals surface area contributed by atoms with Gasteiger partial charge in [-0.25, -0.2) is 0 Å². The van der Waals surface area contributed by atoms with E-state index in [4.69, 9.17) is 0 Å². The molecule has 1 saturated heterocycles. The molecule has 0 aromatic carbocycles. The Hall–Kier alpha value is -0.120. The van der Waals surface area contributed by atoms with Crippen LogP contribution in [-0.4, -0.2) is 17.7 Å². The van der Waals surface area contributed by atoms with Gasteiger partial charge in [0.05, 0.1) is 12.1 Å². The van der Waals surface area contributed by atoms with Crippen LogP contribution in [0.2, 0.25) is 0 Å². The fourth-order valence-corrected chi connectivity index (χ4v) is 1.58. The second kappa shape index (κ2) is 1.94. The highest BCUT2D eigenvalue weighted by molar-refractivity contribution is 4.87. The first-order valence-electron chi connectivity index (χ1n) is 3.66. The first kappa shape index (κ1) is 7.98. The van der Waals surface area contributed by atoms with Crippen molar-refractivity contribution in [3.8, 4) is 0 Å².